The molecule has 0 bridgehead atoms. The number of phenolic OH excluding ortho intramolecular Hbond substituents is 1. The second-order valence-corrected chi connectivity index (χ2v) is 6.85. The highest BCUT2D eigenvalue weighted by Crippen LogP contribution is 2.32. The first kappa shape index (κ1) is 16.1. The molecule has 0 aliphatic carbocycles. The van der Waals surface area contributed by atoms with E-state index in [0.717, 1.165) is 36.2 Å². The molecule has 0 spiro atoms. The van der Waals surface area contributed by atoms with E-state index in [-0.39, 0.29) is 11.7 Å². The third kappa shape index (κ3) is 3.15. The topological polar surface area (TPSA) is 53.7 Å². The number of benzene rings is 1. The molecule has 1 aliphatic rings. The molecule has 1 aliphatic heterocycles. The summed E-state index contributed by atoms with van der Waals surface area (Å²) in [4.78, 5) is 14.6. The average Bonchev–Trinajstić information content (AvgIpc) is 2.80. The molecular formula is C18H20BrNO3. The predicted molar refractivity (Wildman–Crippen MR) is 91.9 cm³/mol. The van der Waals surface area contributed by atoms with Crippen molar-refractivity contribution in [2.45, 2.75) is 32.6 Å². The van der Waals surface area contributed by atoms with Gasteiger partial charge in [-0.3, -0.25) is 4.79 Å². The number of phenols is 1. The van der Waals surface area contributed by atoms with Crippen LogP contribution < -0.4 is 0 Å². The van der Waals surface area contributed by atoms with E-state index in [1.165, 1.54) is 5.56 Å². The van der Waals surface area contributed by atoms with Gasteiger partial charge in [-0.05, 0) is 66.2 Å². The summed E-state index contributed by atoms with van der Waals surface area (Å²) in [5.74, 6) is 2.17. The van der Waals surface area contributed by atoms with Gasteiger partial charge in [0.15, 0.2) is 0 Å². The Morgan fingerprint density at radius 3 is 2.30 bits per heavy atom. The van der Waals surface area contributed by atoms with E-state index in [9.17, 15) is 9.90 Å². The van der Waals surface area contributed by atoms with E-state index in [2.05, 4.69) is 15.9 Å². The molecule has 0 atom stereocenters. The van der Waals surface area contributed by atoms with Crippen molar-refractivity contribution in [3.63, 3.8) is 0 Å². The van der Waals surface area contributed by atoms with Gasteiger partial charge in [-0.15, -0.1) is 0 Å². The highest BCUT2D eigenvalue weighted by atomic mass is 79.9. The number of hydrogen-bond acceptors (Lipinski definition) is 3. The number of aromatic hydroxyl groups is 1. The smallest absolute Gasteiger partial charge is 0.258 e. The van der Waals surface area contributed by atoms with Gasteiger partial charge in [0.1, 0.15) is 17.3 Å². The van der Waals surface area contributed by atoms with E-state index in [1.807, 2.05) is 30.9 Å². The van der Waals surface area contributed by atoms with Crippen LogP contribution in [0, 0.1) is 13.8 Å². The van der Waals surface area contributed by atoms with Crippen molar-refractivity contribution < 1.29 is 14.3 Å². The van der Waals surface area contributed by atoms with Gasteiger partial charge in [0.05, 0.1) is 10.0 Å². The Morgan fingerprint density at radius 2 is 1.78 bits per heavy atom. The number of nitrogens with zero attached hydrogens (tertiary/aromatic N) is 1. The summed E-state index contributed by atoms with van der Waals surface area (Å²) < 4.78 is 6.31. The van der Waals surface area contributed by atoms with E-state index in [4.69, 9.17) is 4.42 Å². The lowest BCUT2D eigenvalue weighted by atomic mass is 9.89. The van der Waals surface area contributed by atoms with E-state index < -0.39 is 0 Å². The molecule has 3 rings (SSSR count). The van der Waals surface area contributed by atoms with Crippen molar-refractivity contribution in [3.05, 3.63) is 51.4 Å². The quantitative estimate of drug-likeness (QED) is 0.844. The fourth-order valence-corrected chi connectivity index (χ4v) is 3.75. The number of hydrogen-bond donors (Lipinski definition) is 1. The molecular weight excluding hydrogens is 358 g/mol. The van der Waals surface area contributed by atoms with Crippen molar-refractivity contribution in [2.24, 2.45) is 0 Å². The Bertz CT molecular complexity index is 713. The van der Waals surface area contributed by atoms with Gasteiger partial charge in [0.2, 0.25) is 0 Å². The van der Waals surface area contributed by atoms with Gasteiger partial charge in [-0.1, -0.05) is 12.1 Å². The molecule has 1 aromatic carbocycles. The average molecular weight is 378 g/mol. The van der Waals surface area contributed by atoms with Crippen LogP contribution in [0.25, 0.3) is 0 Å². The Balaban J connectivity index is 1.69. The Kier molecular flexibility index (Phi) is 4.48. The van der Waals surface area contributed by atoms with Crippen LogP contribution in [0.15, 0.2) is 33.2 Å². The molecule has 0 unspecified atom stereocenters. The van der Waals surface area contributed by atoms with Gasteiger partial charge in [-0.25, -0.2) is 0 Å². The minimum Gasteiger partial charge on any atom is -0.508 e. The van der Waals surface area contributed by atoms with Crippen LogP contribution >= 0.6 is 15.9 Å². The fraction of sp³-hybridized carbons (Fsp3) is 0.389. The highest BCUT2D eigenvalue weighted by Gasteiger charge is 2.28. The minimum atomic E-state index is 0.0374. The zero-order valence-electron chi connectivity index (χ0n) is 13.3. The number of amides is 1. The molecule has 2 heterocycles. The lowest BCUT2D eigenvalue weighted by Crippen LogP contribution is -2.38. The first-order valence-corrected chi connectivity index (χ1v) is 8.60. The molecule has 1 saturated heterocycles. The molecule has 23 heavy (non-hydrogen) atoms. The van der Waals surface area contributed by atoms with Crippen LogP contribution in [-0.2, 0) is 0 Å². The molecule has 1 N–H and O–H groups in total. The molecule has 5 heteroatoms. The first-order chi connectivity index (χ1) is 11.0. The summed E-state index contributed by atoms with van der Waals surface area (Å²) in [5, 5.41) is 9.38. The molecule has 0 radical (unpaired) electrons. The fourth-order valence-electron chi connectivity index (χ4n) is 3.22. The predicted octanol–water partition coefficient (Wildman–Crippen LogP) is 4.38. The van der Waals surface area contributed by atoms with Crippen LogP contribution in [0.2, 0.25) is 0 Å². The summed E-state index contributed by atoms with van der Waals surface area (Å²) in [5.41, 5.74) is 1.87. The van der Waals surface area contributed by atoms with Gasteiger partial charge in [0, 0.05) is 13.1 Å². The van der Waals surface area contributed by atoms with E-state index in [1.54, 1.807) is 12.1 Å². The molecule has 1 fully saturated rings. The third-order valence-electron chi connectivity index (χ3n) is 4.55. The van der Waals surface area contributed by atoms with E-state index >= 15 is 0 Å². The summed E-state index contributed by atoms with van der Waals surface area (Å²) in [7, 11) is 0. The third-order valence-corrected chi connectivity index (χ3v) is 5.50. The van der Waals surface area contributed by atoms with Crippen molar-refractivity contribution in [2.75, 3.05) is 13.1 Å². The van der Waals surface area contributed by atoms with Crippen LogP contribution in [0.4, 0.5) is 0 Å². The van der Waals surface area contributed by atoms with Crippen molar-refractivity contribution in [1.82, 2.24) is 4.90 Å². The lowest BCUT2D eigenvalue weighted by molar-refractivity contribution is 0.0710. The number of piperidine rings is 1. The largest absolute Gasteiger partial charge is 0.508 e. The van der Waals surface area contributed by atoms with Gasteiger partial charge >= 0.3 is 0 Å². The van der Waals surface area contributed by atoms with Crippen LogP contribution in [0.3, 0.4) is 0 Å². The molecule has 1 amide bonds. The Morgan fingerprint density at radius 1 is 1.17 bits per heavy atom. The van der Waals surface area contributed by atoms with Gasteiger partial charge < -0.3 is 14.4 Å². The maximum atomic E-state index is 12.7. The number of aryl methyl sites for hydroxylation is 2. The number of carbonyl (C=O) groups is 1. The number of halogens is 1. The summed E-state index contributed by atoms with van der Waals surface area (Å²) in [6.45, 7) is 5.15. The zero-order chi connectivity index (χ0) is 16.6. The minimum absolute atomic E-state index is 0.0374. The van der Waals surface area contributed by atoms with Crippen LogP contribution in [0.1, 0.15) is 46.2 Å². The lowest BCUT2D eigenvalue weighted by Gasteiger charge is -2.32. The number of likely N-dealkylation sites (tertiary alicyclic amines) is 1. The van der Waals surface area contributed by atoms with Crippen molar-refractivity contribution in [1.29, 1.82) is 0 Å². The normalized spacial score (nSPS) is 15.9. The monoisotopic (exact) mass is 377 g/mol. The molecule has 122 valence electrons. The SMILES string of the molecule is Cc1oc(C)c(C(=O)N2CCC(c3ccc(O)cc3)CC2)c1Br. The zero-order valence-corrected chi connectivity index (χ0v) is 14.9. The first-order valence-electron chi connectivity index (χ1n) is 7.81. The molecule has 4 nitrogen and oxygen atoms in total. The van der Waals surface area contributed by atoms with Gasteiger partial charge in [0.25, 0.3) is 5.91 Å². The van der Waals surface area contributed by atoms with Crippen LogP contribution in [0.5, 0.6) is 5.75 Å². The molecule has 1 aromatic heterocycles. The highest BCUT2D eigenvalue weighted by molar-refractivity contribution is 9.10. The molecule has 2 aromatic rings. The second-order valence-electron chi connectivity index (χ2n) is 6.06. The van der Waals surface area contributed by atoms with Crippen molar-refractivity contribution >= 4 is 21.8 Å². The van der Waals surface area contributed by atoms with Gasteiger partial charge in [-0.2, -0.15) is 0 Å². The summed E-state index contributed by atoms with van der Waals surface area (Å²) in [6.07, 6.45) is 1.87. The summed E-state index contributed by atoms with van der Waals surface area (Å²) in [6, 6.07) is 7.39. The summed E-state index contributed by atoms with van der Waals surface area (Å²) >= 11 is 3.46. The Hall–Kier alpha value is -1.75. The second kappa shape index (κ2) is 6.40. The van der Waals surface area contributed by atoms with Crippen molar-refractivity contribution in [3.8, 4) is 5.75 Å². The number of furan rings is 1. The molecule has 0 saturated carbocycles. The van der Waals surface area contributed by atoms with E-state index in [0.29, 0.717) is 17.2 Å². The number of carbonyl (C=O) groups excluding carboxylic acids is 1. The van der Waals surface area contributed by atoms with Crippen LogP contribution in [-0.4, -0.2) is 29.0 Å². The number of rotatable bonds is 2. The Labute approximate surface area is 144 Å². The maximum absolute atomic E-state index is 12.7. The standard InChI is InChI=1S/C18H20BrNO3/c1-11-16(17(19)12(2)23-11)18(22)20-9-7-14(8-10-20)13-3-5-15(21)6-4-13/h3-6,14,21H,7-10H2,1-2H3. The maximum Gasteiger partial charge on any atom is 0.258 e.